The summed E-state index contributed by atoms with van der Waals surface area (Å²) >= 11 is 0. The molecule has 0 bridgehead atoms. The van der Waals surface area contributed by atoms with Gasteiger partial charge in [-0.2, -0.15) is 0 Å². The molecule has 0 aromatic heterocycles. The number of likely N-dealkylation sites (tertiary alicyclic amines) is 1. The Bertz CT molecular complexity index is 462. The van der Waals surface area contributed by atoms with E-state index in [-0.39, 0.29) is 12.4 Å². The van der Waals surface area contributed by atoms with Gasteiger partial charge in [0.05, 0.1) is 6.61 Å². The van der Waals surface area contributed by atoms with Crippen molar-refractivity contribution in [2.75, 3.05) is 13.2 Å². The molecule has 1 fully saturated rings. The van der Waals surface area contributed by atoms with E-state index < -0.39 is 0 Å². The van der Waals surface area contributed by atoms with E-state index in [1.54, 1.807) is 0 Å². The van der Waals surface area contributed by atoms with Gasteiger partial charge in [0, 0.05) is 12.6 Å². The van der Waals surface area contributed by atoms with Gasteiger partial charge in [-0.3, -0.25) is 4.90 Å². The molecule has 3 heteroatoms. The molecule has 1 saturated heterocycles. The predicted octanol–water partition coefficient (Wildman–Crippen LogP) is 6.53. The second-order valence-corrected chi connectivity index (χ2v) is 8.20. The summed E-state index contributed by atoms with van der Waals surface area (Å²) < 4.78 is 0. The molecule has 0 radical (unpaired) electrons. The third-order valence-corrected chi connectivity index (χ3v) is 5.94. The molecule has 0 spiro atoms. The third kappa shape index (κ3) is 9.96. The van der Waals surface area contributed by atoms with Gasteiger partial charge in [0.1, 0.15) is 0 Å². The number of rotatable bonds is 14. The Labute approximate surface area is 174 Å². The van der Waals surface area contributed by atoms with Gasteiger partial charge in [0.2, 0.25) is 0 Å². The average Bonchev–Trinajstić information content (AvgIpc) is 3.11. The lowest BCUT2D eigenvalue weighted by Gasteiger charge is -2.22. The number of aliphatic hydroxyl groups is 1. The lowest BCUT2D eigenvalue weighted by atomic mass is 10.0. The van der Waals surface area contributed by atoms with Gasteiger partial charge in [-0.15, -0.1) is 12.4 Å². The van der Waals surface area contributed by atoms with E-state index in [1.807, 2.05) is 0 Å². The fourth-order valence-electron chi connectivity index (χ4n) is 4.17. The summed E-state index contributed by atoms with van der Waals surface area (Å²) in [6.07, 6.45) is 17.6. The number of hydrogen-bond donors (Lipinski definition) is 1. The van der Waals surface area contributed by atoms with Crippen LogP contribution in [0.2, 0.25) is 0 Å². The molecule has 2 rings (SSSR count). The quantitative estimate of drug-likeness (QED) is 0.362. The lowest BCUT2D eigenvalue weighted by molar-refractivity contribution is 0.153. The van der Waals surface area contributed by atoms with Crippen LogP contribution in [-0.4, -0.2) is 29.2 Å². The number of benzene rings is 1. The number of halogens is 1. The standard InChI is InChI=1S/C24H41NO.ClH/c1-2-3-4-5-6-7-8-9-10-11-13-22-15-17-23(18-16-22)20-25-19-12-14-24(25)21-26;/h15-18,24,26H,2-14,19-21H2,1H3;1H/t24-;/m1./s1. The minimum Gasteiger partial charge on any atom is -0.395 e. The Morgan fingerprint density at radius 1 is 0.852 bits per heavy atom. The van der Waals surface area contributed by atoms with Crippen LogP contribution >= 0.6 is 12.4 Å². The smallest absolute Gasteiger partial charge is 0.0587 e. The number of aliphatic hydroxyl groups excluding tert-OH is 1. The monoisotopic (exact) mass is 395 g/mol. The second kappa shape index (κ2) is 15.4. The highest BCUT2D eigenvalue weighted by Gasteiger charge is 2.23. The Morgan fingerprint density at radius 3 is 2.00 bits per heavy atom. The molecule has 1 atom stereocenters. The zero-order chi connectivity index (χ0) is 18.5. The highest BCUT2D eigenvalue weighted by Crippen LogP contribution is 2.20. The normalized spacial score (nSPS) is 17.2. The SMILES string of the molecule is CCCCCCCCCCCCc1ccc(CN2CCC[C@@H]2CO)cc1.Cl. The van der Waals surface area contributed by atoms with Crippen molar-refractivity contribution < 1.29 is 5.11 Å². The van der Waals surface area contributed by atoms with Crippen molar-refractivity contribution in [2.45, 2.75) is 103 Å². The van der Waals surface area contributed by atoms with Crippen molar-refractivity contribution in [3.05, 3.63) is 35.4 Å². The summed E-state index contributed by atoms with van der Waals surface area (Å²) in [6.45, 7) is 4.71. The van der Waals surface area contributed by atoms with Crippen LogP contribution in [0.5, 0.6) is 0 Å². The van der Waals surface area contributed by atoms with Crippen molar-refractivity contribution in [1.82, 2.24) is 4.90 Å². The molecular formula is C24H42ClNO. The number of hydrogen-bond acceptors (Lipinski definition) is 2. The van der Waals surface area contributed by atoms with E-state index in [1.165, 1.54) is 88.2 Å². The first-order valence-corrected chi connectivity index (χ1v) is 11.3. The average molecular weight is 396 g/mol. The Balaban J connectivity index is 0.00000364. The van der Waals surface area contributed by atoms with Crippen LogP contribution < -0.4 is 0 Å². The molecule has 1 aliphatic heterocycles. The van der Waals surface area contributed by atoms with Crippen LogP contribution in [0, 0.1) is 0 Å². The molecule has 0 saturated carbocycles. The highest BCUT2D eigenvalue weighted by atomic mass is 35.5. The van der Waals surface area contributed by atoms with E-state index >= 15 is 0 Å². The van der Waals surface area contributed by atoms with Crippen molar-refractivity contribution in [3.8, 4) is 0 Å². The van der Waals surface area contributed by atoms with Crippen LogP contribution in [0.25, 0.3) is 0 Å². The maximum Gasteiger partial charge on any atom is 0.0587 e. The Hall–Kier alpha value is -0.570. The minimum atomic E-state index is 0. The molecular weight excluding hydrogens is 354 g/mol. The highest BCUT2D eigenvalue weighted by molar-refractivity contribution is 5.85. The summed E-state index contributed by atoms with van der Waals surface area (Å²) in [4.78, 5) is 2.43. The molecule has 1 heterocycles. The predicted molar refractivity (Wildman–Crippen MR) is 120 cm³/mol. The zero-order valence-corrected chi connectivity index (χ0v) is 18.3. The summed E-state index contributed by atoms with van der Waals surface area (Å²) in [7, 11) is 0. The van der Waals surface area contributed by atoms with Crippen molar-refractivity contribution in [2.24, 2.45) is 0 Å². The molecule has 1 N–H and O–H groups in total. The van der Waals surface area contributed by atoms with Gasteiger partial charge < -0.3 is 5.11 Å². The fraction of sp³-hybridized carbons (Fsp3) is 0.750. The molecule has 0 aliphatic carbocycles. The van der Waals surface area contributed by atoms with Crippen LogP contribution in [0.4, 0.5) is 0 Å². The third-order valence-electron chi connectivity index (χ3n) is 5.94. The number of aryl methyl sites for hydroxylation is 1. The van der Waals surface area contributed by atoms with E-state index in [9.17, 15) is 5.11 Å². The second-order valence-electron chi connectivity index (χ2n) is 8.20. The van der Waals surface area contributed by atoms with Crippen LogP contribution in [0.1, 0.15) is 95.1 Å². The summed E-state index contributed by atoms with van der Waals surface area (Å²) in [5.41, 5.74) is 2.87. The van der Waals surface area contributed by atoms with E-state index in [0.717, 1.165) is 19.5 Å². The van der Waals surface area contributed by atoms with Gasteiger partial charge in [-0.25, -0.2) is 0 Å². The molecule has 2 nitrogen and oxygen atoms in total. The van der Waals surface area contributed by atoms with Crippen LogP contribution in [-0.2, 0) is 13.0 Å². The van der Waals surface area contributed by atoms with Crippen LogP contribution in [0.3, 0.4) is 0 Å². The summed E-state index contributed by atoms with van der Waals surface area (Å²) in [5, 5.41) is 9.44. The molecule has 1 aromatic carbocycles. The topological polar surface area (TPSA) is 23.5 Å². The molecule has 1 aromatic rings. The van der Waals surface area contributed by atoms with Gasteiger partial charge in [-0.05, 0) is 43.4 Å². The van der Waals surface area contributed by atoms with Crippen molar-refractivity contribution in [1.29, 1.82) is 0 Å². The number of nitrogens with zero attached hydrogens (tertiary/aromatic N) is 1. The first kappa shape index (κ1) is 24.5. The van der Waals surface area contributed by atoms with Crippen molar-refractivity contribution >= 4 is 12.4 Å². The van der Waals surface area contributed by atoms with Gasteiger partial charge in [-0.1, -0.05) is 89.0 Å². The molecule has 27 heavy (non-hydrogen) atoms. The van der Waals surface area contributed by atoms with E-state index in [0.29, 0.717) is 12.6 Å². The fourth-order valence-corrected chi connectivity index (χ4v) is 4.17. The zero-order valence-electron chi connectivity index (χ0n) is 17.5. The van der Waals surface area contributed by atoms with Crippen LogP contribution in [0.15, 0.2) is 24.3 Å². The first-order chi connectivity index (χ1) is 12.8. The van der Waals surface area contributed by atoms with Crippen molar-refractivity contribution in [3.63, 3.8) is 0 Å². The first-order valence-electron chi connectivity index (χ1n) is 11.3. The molecule has 1 aliphatic rings. The van der Waals surface area contributed by atoms with Gasteiger partial charge in [0.15, 0.2) is 0 Å². The summed E-state index contributed by atoms with van der Waals surface area (Å²) in [6, 6.07) is 9.58. The van der Waals surface area contributed by atoms with E-state index in [2.05, 4.69) is 36.1 Å². The number of unbranched alkanes of at least 4 members (excludes halogenated alkanes) is 9. The van der Waals surface area contributed by atoms with Gasteiger partial charge >= 0.3 is 0 Å². The maximum atomic E-state index is 9.44. The van der Waals surface area contributed by atoms with Gasteiger partial charge in [0.25, 0.3) is 0 Å². The Kier molecular flexibility index (Phi) is 13.9. The summed E-state index contributed by atoms with van der Waals surface area (Å²) in [5.74, 6) is 0. The van der Waals surface area contributed by atoms with E-state index in [4.69, 9.17) is 0 Å². The lowest BCUT2D eigenvalue weighted by Crippen LogP contribution is -2.31. The minimum absolute atomic E-state index is 0. The molecule has 0 amide bonds. The Morgan fingerprint density at radius 2 is 1.41 bits per heavy atom. The maximum absolute atomic E-state index is 9.44. The molecule has 156 valence electrons. The largest absolute Gasteiger partial charge is 0.395 e. The molecule has 0 unspecified atom stereocenters.